The number of imidazole rings is 1. The number of rotatable bonds is 2. The minimum absolute atomic E-state index is 0.0816. The molecule has 0 radical (unpaired) electrons. The van der Waals surface area contributed by atoms with E-state index in [1.165, 1.54) is 0 Å². The van der Waals surface area contributed by atoms with Crippen LogP contribution in [0.25, 0.3) is 16.9 Å². The van der Waals surface area contributed by atoms with Gasteiger partial charge in [0, 0.05) is 16.2 Å². The quantitative estimate of drug-likeness (QED) is 0.778. The van der Waals surface area contributed by atoms with Gasteiger partial charge in [0.25, 0.3) is 0 Å². The summed E-state index contributed by atoms with van der Waals surface area (Å²) < 4.78 is 2.75. The summed E-state index contributed by atoms with van der Waals surface area (Å²) in [6.07, 6.45) is 1.83. The van der Waals surface area contributed by atoms with Gasteiger partial charge in [0.05, 0.1) is 5.52 Å². The van der Waals surface area contributed by atoms with Crippen LogP contribution in [0, 0.1) is 6.92 Å². The van der Waals surface area contributed by atoms with E-state index in [0.29, 0.717) is 11.3 Å². The van der Waals surface area contributed by atoms with Crippen molar-refractivity contribution in [2.45, 2.75) is 6.92 Å². The third-order valence-corrected chi connectivity index (χ3v) is 3.64. The summed E-state index contributed by atoms with van der Waals surface area (Å²) in [5, 5.41) is 9.34. The maximum absolute atomic E-state index is 11.4. The molecule has 2 aromatic heterocycles. The number of hydrogen-bond acceptors (Lipinski definition) is 2. The zero-order chi connectivity index (χ0) is 14.3. The normalized spacial score (nSPS) is 10.9. The smallest absolute Gasteiger partial charge is 0.356 e. The molecule has 0 aliphatic heterocycles. The van der Waals surface area contributed by atoms with Crippen molar-refractivity contribution in [1.82, 2.24) is 9.38 Å². The van der Waals surface area contributed by atoms with Crippen molar-refractivity contribution in [2.75, 3.05) is 0 Å². The van der Waals surface area contributed by atoms with Gasteiger partial charge in [-0.1, -0.05) is 34.1 Å². The van der Waals surface area contributed by atoms with Crippen LogP contribution in [0.3, 0.4) is 0 Å². The Morgan fingerprint density at radius 1 is 1.30 bits per heavy atom. The number of benzene rings is 1. The number of hydrogen-bond donors (Lipinski definition) is 1. The van der Waals surface area contributed by atoms with Gasteiger partial charge in [-0.05, 0) is 30.7 Å². The Labute approximate surface area is 123 Å². The number of aryl methyl sites for hydroxylation is 1. The molecule has 0 aliphatic rings. The van der Waals surface area contributed by atoms with Gasteiger partial charge in [0.15, 0.2) is 5.69 Å². The van der Waals surface area contributed by atoms with Gasteiger partial charge in [-0.25, -0.2) is 9.78 Å². The molecule has 100 valence electrons. The topological polar surface area (TPSA) is 54.6 Å². The molecule has 4 nitrogen and oxygen atoms in total. The Morgan fingerprint density at radius 3 is 2.80 bits per heavy atom. The molecule has 3 aromatic rings. The first-order chi connectivity index (χ1) is 9.58. The lowest BCUT2D eigenvalue weighted by molar-refractivity contribution is 0.0693. The van der Waals surface area contributed by atoms with Crippen molar-refractivity contribution < 1.29 is 9.90 Å². The van der Waals surface area contributed by atoms with Crippen LogP contribution in [0.1, 0.15) is 16.1 Å². The van der Waals surface area contributed by atoms with E-state index in [1.54, 1.807) is 0 Å². The first-order valence-electron chi connectivity index (χ1n) is 6.05. The van der Waals surface area contributed by atoms with Gasteiger partial charge in [0.2, 0.25) is 0 Å². The van der Waals surface area contributed by atoms with Gasteiger partial charge in [-0.2, -0.15) is 0 Å². The Balaban J connectivity index is 2.38. The van der Waals surface area contributed by atoms with Gasteiger partial charge >= 0.3 is 5.97 Å². The Hall–Kier alpha value is -2.14. The second kappa shape index (κ2) is 4.76. The SMILES string of the molecule is Cc1cccn2c(-c3cccc(Br)c3)nc(C(=O)O)c12. The number of carboxylic acid groups (broad SMARTS) is 1. The number of aromatic nitrogens is 2. The molecule has 0 aliphatic carbocycles. The van der Waals surface area contributed by atoms with E-state index in [4.69, 9.17) is 0 Å². The zero-order valence-electron chi connectivity index (χ0n) is 10.7. The summed E-state index contributed by atoms with van der Waals surface area (Å²) >= 11 is 3.42. The van der Waals surface area contributed by atoms with Crippen LogP contribution in [-0.2, 0) is 0 Å². The number of halogens is 1. The number of carboxylic acids is 1. The number of aromatic carboxylic acids is 1. The van der Waals surface area contributed by atoms with Crippen molar-refractivity contribution in [2.24, 2.45) is 0 Å². The number of pyridine rings is 1. The average molecular weight is 331 g/mol. The molecule has 0 spiro atoms. The molecule has 0 atom stereocenters. The van der Waals surface area contributed by atoms with Crippen molar-refractivity contribution in [3.05, 3.63) is 58.3 Å². The lowest BCUT2D eigenvalue weighted by Gasteiger charge is -2.03. The van der Waals surface area contributed by atoms with Crippen molar-refractivity contribution in [3.8, 4) is 11.4 Å². The predicted octanol–water partition coefficient (Wildman–Crippen LogP) is 3.77. The lowest BCUT2D eigenvalue weighted by atomic mass is 10.2. The van der Waals surface area contributed by atoms with Gasteiger partial charge in [-0.15, -0.1) is 0 Å². The van der Waals surface area contributed by atoms with Crippen molar-refractivity contribution >= 4 is 27.4 Å². The van der Waals surface area contributed by atoms with E-state index in [9.17, 15) is 9.90 Å². The van der Waals surface area contributed by atoms with Crippen molar-refractivity contribution in [3.63, 3.8) is 0 Å². The maximum atomic E-state index is 11.4. The molecule has 0 unspecified atom stereocenters. The van der Waals surface area contributed by atoms with Crippen LogP contribution in [-0.4, -0.2) is 20.5 Å². The Kier molecular flexibility index (Phi) is 3.06. The van der Waals surface area contributed by atoms with Crippen LogP contribution < -0.4 is 0 Å². The first-order valence-corrected chi connectivity index (χ1v) is 6.84. The fourth-order valence-corrected chi connectivity index (χ4v) is 2.69. The fraction of sp³-hybridized carbons (Fsp3) is 0.0667. The largest absolute Gasteiger partial charge is 0.476 e. The molecule has 0 saturated heterocycles. The maximum Gasteiger partial charge on any atom is 0.356 e. The Morgan fingerprint density at radius 2 is 2.10 bits per heavy atom. The second-order valence-corrected chi connectivity index (χ2v) is 5.43. The summed E-state index contributed by atoms with van der Waals surface area (Å²) in [5.74, 6) is -0.388. The van der Waals surface area contributed by atoms with Gasteiger partial charge < -0.3 is 5.11 Å². The highest BCUT2D eigenvalue weighted by Crippen LogP contribution is 2.26. The van der Waals surface area contributed by atoms with Crippen LogP contribution in [0.2, 0.25) is 0 Å². The molecule has 0 amide bonds. The lowest BCUT2D eigenvalue weighted by Crippen LogP contribution is -1.98. The van der Waals surface area contributed by atoms with Crippen LogP contribution in [0.15, 0.2) is 47.1 Å². The third kappa shape index (κ3) is 2.00. The van der Waals surface area contributed by atoms with E-state index in [-0.39, 0.29) is 5.69 Å². The van der Waals surface area contributed by atoms with E-state index in [2.05, 4.69) is 20.9 Å². The molecule has 0 bridgehead atoms. The second-order valence-electron chi connectivity index (χ2n) is 4.51. The Bertz CT molecular complexity index is 824. The summed E-state index contributed by atoms with van der Waals surface area (Å²) in [6.45, 7) is 1.88. The summed E-state index contributed by atoms with van der Waals surface area (Å²) in [4.78, 5) is 15.7. The first kappa shape index (κ1) is 12.9. The highest BCUT2D eigenvalue weighted by Gasteiger charge is 2.19. The third-order valence-electron chi connectivity index (χ3n) is 3.15. The van der Waals surface area contributed by atoms with Crippen LogP contribution >= 0.6 is 15.9 Å². The highest BCUT2D eigenvalue weighted by atomic mass is 79.9. The molecule has 0 saturated carbocycles. The summed E-state index contributed by atoms with van der Waals surface area (Å²) in [7, 11) is 0. The number of nitrogens with zero attached hydrogens (tertiary/aromatic N) is 2. The van der Waals surface area contributed by atoms with E-state index >= 15 is 0 Å². The minimum atomic E-state index is -1.02. The van der Waals surface area contributed by atoms with E-state index < -0.39 is 5.97 Å². The average Bonchev–Trinajstić information content (AvgIpc) is 2.80. The molecule has 1 aromatic carbocycles. The van der Waals surface area contributed by atoms with Gasteiger partial charge in [-0.3, -0.25) is 4.40 Å². The van der Waals surface area contributed by atoms with E-state index in [1.807, 2.05) is 53.9 Å². The molecular formula is C15H11BrN2O2. The molecular weight excluding hydrogens is 320 g/mol. The van der Waals surface area contributed by atoms with E-state index in [0.717, 1.165) is 15.6 Å². The van der Waals surface area contributed by atoms with Crippen LogP contribution in [0.5, 0.6) is 0 Å². The molecule has 2 heterocycles. The molecule has 5 heteroatoms. The fourth-order valence-electron chi connectivity index (χ4n) is 2.29. The molecule has 3 rings (SSSR count). The van der Waals surface area contributed by atoms with Gasteiger partial charge in [0.1, 0.15) is 5.82 Å². The zero-order valence-corrected chi connectivity index (χ0v) is 12.3. The minimum Gasteiger partial charge on any atom is -0.476 e. The standard InChI is InChI=1S/C15H11BrN2O2/c1-9-4-3-7-18-13(9)12(15(19)20)17-14(18)10-5-2-6-11(16)8-10/h2-8H,1H3,(H,19,20). The predicted molar refractivity (Wildman–Crippen MR) is 80.0 cm³/mol. The van der Waals surface area contributed by atoms with Crippen LogP contribution in [0.4, 0.5) is 0 Å². The molecule has 1 N–H and O–H groups in total. The number of fused-ring (bicyclic) bond motifs is 1. The molecule has 0 fully saturated rings. The monoisotopic (exact) mass is 330 g/mol. The molecule has 20 heavy (non-hydrogen) atoms. The van der Waals surface area contributed by atoms with Crippen molar-refractivity contribution in [1.29, 1.82) is 0 Å². The number of carbonyl (C=O) groups is 1. The highest BCUT2D eigenvalue weighted by molar-refractivity contribution is 9.10. The summed E-state index contributed by atoms with van der Waals surface area (Å²) in [5.41, 5.74) is 2.47. The summed E-state index contributed by atoms with van der Waals surface area (Å²) in [6, 6.07) is 11.4.